The van der Waals surface area contributed by atoms with Crippen molar-refractivity contribution in [2.75, 3.05) is 13.1 Å². The fourth-order valence-corrected chi connectivity index (χ4v) is 4.47. The lowest BCUT2D eigenvalue weighted by molar-refractivity contribution is -0.137. The molecule has 0 bridgehead atoms. The van der Waals surface area contributed by atoms with Crippen LogP contribution in [0.1, 0.15) is 50.5 Å². The highest BCUT2D eigenvalue weighted by atomic mass is 19.4. The van der Waals surface area contributed by atoms with Gasteiger partial charge in [-0.15, -0.1) is 0 Å². The van der Waals surface area contributed by atoms with Gasteiger partial charge in [0.1, 0.15) is 0 Å². The van der Waals surface area contributed by atoms with Crippen LogP contribution in [0.3, 0.4) is 0 Å². The fraction of sp³-hybridized carbons (Fsp3) is 0.308. The molecule has 1 aliphatic rings. The molecule has 1 aliphatic heterocycles. The van der Waals surface area contributed by atoms with Crippen LogP contribution in [0.5, 0.6) is 0 Å². The second-order valence-electron chi connectivity index (χ2n) is 8.63. The highest BCUT2D eigenvalue weighted by Crippen LogP contribution is 2.31. The molecule has 182 valence electrons. The topological polar surface area (TPSA) is 72.3 Å². The van der Waals surface area contributed by atoms with Crippen molar-refractivity contribution in [3.63, 3.8) is 0 Å². The molecule has 2 aromatic carbocycles. The smallest absolute Gasteiger partial charge is 0.336 e. The van der Waals surface area contributed by atoms with Crippen LogP contribution in [-0.4, -0.2) is 45.2 Å². The van der Waals surface area contributed by atoms with E-state index in [9.17, 15) is 27.6 Å². The van der Waals surface area contributed by atoms with Gasteiger partial charge in [0.2, 0.25) is 0 Å². The van der Waals surface area contributed by atoms with Gasteiger partial charge in [0.05, 0.1) is 28.2 Å². The molecule has 0 saturated carbocycles. The monoisotopic (exact) mass is 483 g/mol. The summed E-state index contributed by atoms with van der Waals surface area (Å²) in [6.45, 7) is 3.63. The van der Waals surface area contributed by atoms with Crippen molar-refractivity contribution in [1.82, 2.24) is 14.7 Å². The Labute approximate surface area is 200 Å². The number of benzene rings is 2. The third kappa shape index (κ3) is 4.89. The molecule has 0 atom stereocenters. The summed E-state index contributed by atoms with van der Waals surface area (Å²) in [6, 6.07) is 13.6. The number of hydrogen-bond donors (Lipinski definition) is 0. The Bertz CT molecular complexity index is 1270. The van der Waals surface area contributed by atoms with Gasteiger partial charge in [-0.25, -0.2) is 4.68 Å². The van der Waals surface area contributed by atoms with Crippen molar-refractivity contribution in [3.05, 3.63) is 82.7 Å². The first-order valence-electron chi connectivity index (χ1n) is 11.2. The summed E-state index contributed by atoms with van der Waals surface area (Å²) < 4.78 is 40.6. The molecule has 0 unspecified atom stereocenters. The van der Waals surface area contributed by atoms with E-state index < -0.39 is 23.4 Å². The Balaban J connectivity index is 1.49. The number of carbonyl (C=O) groups is 3. The first kappa shape index (κ1) is 24.4. The van der Waals surface area contributed by atoms with Crippen LogP contribution >= 0.6 is 0 Å². The second kappa shape index (κ2) is 9.48. The van der Waals surface area contributed by atoms with E-state index in [2.05, 4.69) is 5.10 Å². The van der Waals surface area contributed by atoms with E-state index in [0.717, 1.165) is 12.1 Å². The van der Waals surface area contributed by atoms with E-state index in [4.69, 9.17) is 0 Å². The summed E-state index contributed by atoms with van der Waals surface area (Å²) in [6.07, 6.45) is -3.61. The minimum absolute atomic E-state index is 0.0260. The Hall–Kier alpha value is -3.75. The molecular formula is C26H24F3N3O3. The summed E-state index contributed by atoms with van der Waals surface area (Å²) in [4.78, 5) is 40.2. The molecule has 1 fully saturated rings. The number of aromatic nitrogens is 2. The molecule has 0 radical (unpaired) electrons. The molecule has 1 amide bonds. The van der Waals surface area contributed by atoms with Crippen LogP contribution in [0, 0.1) is 19.8 Å². The first-order valence-corrected chi connectivity index (χ1v) is 11.2. The third-order valence-corrected chi connectivity index (χ3v) is 6.34. The highest BCUT2D eigenvalue weighted by molar-refractivity contribution is 6.43. The zero-order valence-corrected chi connectivity index (χ0v) is 19.3. The van der Waals surface area contributed by atoms with Crippen LogP contribution in [0.4, 0.5) is 13.2 Å². The average molecular weight is 483 g/mol. The molecule has 3 aromatic rings. The summed E-state index contributed by atoms with van der Waals surface area (Å²) >= 11 is 0. The van der Waals surface area contributed by atoms with Gasteiger partial charge in [0.25, 0.3) is 11.7 Å². The van der Waals surface area contributed by atoms with Gasteiger partial charge in [-0.3, -0.25) is 14.4 Å². The number of nitrogens with zero attached hydrogens (tertiary/aromatic N) is 3. The quantitative estimate of drug-likeness (QED) is 0.386. The van der Waals surface area contributed by atoms with Crippen LogP contribution in [0.25, 0.3) is 5.69 Å². The van der Waals surface area contributed by atoms with Crippen LogP contribution in [-0.2, 0) is 11.0 Å². The molecule has 6 nitrogen and oxygen atoms in total. The number of piperidine rings is 1. The molecular weight excluding hydrogens is 459 g/mol. The van der Waals surface area contributed by atoms with Gasteiger partial charge >= 0.3 is 6.18 Å². The number of ketones is 2. The van der Waals surface area contributed by atoms with E-state index in [1.54, 1.807) is 38.1 Å². The van der Waals surface area contributed by atoms with Crippen LogP contribution < -0.4 is 0 Å². The number of Topliss-reactive ketones (excluding diaryl/α,β-unsaturated/α-hetero) is 2. The second-order valence-corrected chi connectivity index (χ2v) is 8.63. The van der Waals surface area contributed by atoms with Crippen molar-refractivity contribution in [3.8, 4) is 5.69 Å². The number of aryl methyl sites for hydroxylation is 1. The van der Waals surface area contributed by atoms with E-state index in [-0.39, 0.29) is 47.4 Å². The lowest BCUT2D eigenvalue weighted by Gasteiger charge is -2.30. The van der Waals surface area contributed by atoms with Crippen molar-refractivity contribution < 1.29 is 27.6 Å². The molecule has 35 heavy (non-hydrogen) atoms. The molecule has 0 aliphatic carbocycles. The maximum atomic E-state index is 13.1. The SMILES string of the molecule is Cc1nn(-c2cccc(C(F)(F)F)c2)c(C)c1C(=O)C(=O)N1CCC(C(=O)c2ccccc2)CC1. The largest absolute Gasteiger partial charge is 0.416 e. The van der Waals surface area contributed by atoms with Gasteiger partial charge in [-0.2, -0.15) is 18.3 Å². The Morgan fingerprint density at radius 3 is 2.23 bits per heavy atom. The van der Waals surface area contributed by atoms with E-state index in [1.807, 2.05) is 6.07 Å². The van der Waals surface area contributed by atoms with Crippen molar-refractivity contribution in [2.45, 2.75) is 32.9 Å². The average Bonchev–Trinajstić information content (AvgIpc) is 3.16. The standard InChI is InChI=1S/C26H24F3N3O3/c1-16-22(17(2)32(30-16)21-10-6-9-20(15-21)26(27,28)29)24(34)25(35)31-13-11-19(12-14-31)23(33)18-7-4-3-5-8-18/h3-10,15,19H,11-14H2,1-2H3. The van der Waals surface area contributed by atoms with Gasteiger partial charge in [0, 0.05) is 24.6 Å². The normalized spacial score (nSPS) is 14.7. The molecule has 4 rings (SSSR count). The van der Waals surface area contributed by atoms with Crippen LogP contribution in [0.2, 0.25) is 0 Å². The van der Waals surface area contributed by atoms with Crippen molar-refractivity contribution in [2.24, 2.45) is 5.92 Å². The molecule has 1 saturated heterocycles. The maximum Gasteiger partial charge on any atom is 0.416 e. The number of likely N-dealkylation sites (tertiary alicyclic amines) is 1. The van der Waals surface area contributed by atoms with Gasteiger partial charge in [-0.05, 0) is 44.9 Å². The summed E-state index contributed by atoms with van der Waals surface area (Å²) in [5.74, 6) is -1.65. The lowest BCUT2D eigenvalue weighted by Crippen LogP contribution is -2.43. The van der Waals surface area contributed by atoms with Crippen molar-refractivity contribution >= 4 is 17.5 Å². The number of alkyl halides is 3. The number of rotatable bonds is 5. The lowest BCUT2D eigenvalue weighted by atomic mass is 9.88. The molecule has 2 heterocycles. The van der Waals surface area contributed by atoms with E-state index in [1.165, 1.54) is 21.7 Å². The first-order chi connectivity index (χ1) is 16.6. The van der Waals surface area contributed by atoms with Crippen molar-refractivity contribution in [1.29, 1.82) is 0 Å². The number of carbonyl (C=O) groups excluding carboxylic acids is 3. The predicted octanol–water partition coefficient (Wildman–Crippen LogP) is 4.81. The fourth-order valence-electron chi connectivity index (χ4n) is 4.47. The molecule has 9 heteroatoms. The third-order valence-electron chi connectivity index (χ3n) is 6.34. The van der Waals surface area contributed by atoms with Gasteiger partial charge in [0.15, 0.2) is 5.78 Å². The number of halogens is 3. The van der Waals surface area contributed by atoms with Gasteiger partial charge in [-0.1, -0.05) is 36.4 Å². The summed E-state index contributed by atoms with van der Waals surface area (Å²) in [7, 11) is 0. The molecule has 0 spiro atoms. The zero-order valence-electron chi connectivity index (χ0n) is 19.3. The Kier molecular flexibility index (Phi) is 6.60. The Morgan fingerprint density at radius 1 is 0.943 bits per heavy atom. The maximum absolute atomic E-state index is 13.1. The zero-order chi connectivity index (χ0) is 25.3. The van der Waals surface area contributed by atoms with Gasteiger partial charge < -0.3 is 4.90 Å². The number of hydrogen-bond acceptors (Lipinski definition) is 4. The molecule has 0 N–H and O–H groups in total. The minimum Gasteiger partial charge on any atom is -0.336 e. The summed E-state index contributed by atoms with van der Waals surface area (Å²) in [5, 5.41) is 4.23. The predicted molar refractivity (Wildman–Crippen MR) is 122 cm³/mol. The van der Waals surface area contributed by atoms with E-state index >= 15 is 0 Å². The summed E-state index contributed by atoms with van der Waals surface area (Å²) in [5.41, 5.74) is 0.560. The van der Waals surface area contributed by atoms with Crippen LogP contribution in [0.15, 0.2) is 54.6 Å². The Morgan fingerprint density at radius 2 is 1.60 bits per heavy atom. The van der Waals surface area contributed by atoms with E-state index in [0.29, 0.717) is 18.4 Å². The highest BCUT2D eigenvalue weighted by Gasteiger charge is 2.34. The number of amides is 1. The molecule has 1 aromatic heterocycles. The minimum atomic E-state index is -4.52.